The third-order valence-corrected chi connectivity index (χ3v) is 11.7. The molecule has 3 N–H and O–H groups in total. The lowest BCUT2D eigenvalue weighted by molar-refractivity contribution is -0.141. The van der Waals surface area contributed by atoms with E-state index in [1.807, 2.05) is 24.1 Å². The summed E-state index contributed by atoms with van der Waals surface area (Å²) in [6.07, 6.45) is 6.40. The van der Waals surface area contributed by atoms with Crippen molar-refractivity contribution in [2.75, 3.05) is 38.2 Å². The molecule has 3 saturated heterocycles. The predicted molar refractivity (Wildman–Crippen MR) is 173 cm³/mol. The molecule has 5 fully saturated rings. The Hall–Kier alpha value is -4.05. The molecule has 2 saturated carbocycles. The van der Waals surface area contributed by atoms with Crippen LogP contribution in [-0.4, -0.2) is 76.2 Å². The van der Waals surface area contributed by atoms with Crippen LogP contribution in [0.1, 0.15) is 48.9 Å². The van der Waals surface area contributed by atoms with Gasteiger partial charge in [0.25, 0.3) is 5.91 Å². The smallest absolute Gasteiger partial charge is 0.254 e. The molecule has 0 radical (unpaired) electrons. The Bertz CT molecular complexity index is 1880. The number of likely N-dealkylation sites (tertiary alicyclic amines) is 1. The van der Waals surface area contributed by atoms with Gasteiger partial charge in [-0.25, -0.2) is 4.98 Å². The zero-order chi connectivity index (χ0) is 30.6. The minimum absolute atomic E-state index is 0.0157. The number of nitrogens with zero attached hydrogens (tertiary/aromatic N) is 5. The standard InChI is InChI=1S/C35H41N7O3/c1-39-31-25(13-23(15-29(31)45-2)33(43)42-18-22-6-8-26(42)30(22)36)38-32(39)28-14-21-5-7-24(16-27(21)41(28)17-20-3-4-20)40-11-9-35(10-12-40)19-37-34(35)44/h5,7,13-16,20,22,26,30H,3-4,6,8-12,17-19,36H2,1-2H3,(H,37,44). The summed E-state index contributed by atoms with van der Waals surface area (Å²) in [6.45, 7) is 4.29. The largest absolute Gasteiger partial charge is 0.494 e. The van der Waals surface area contributed by atoms with Gasteiger partial charge in [0.05, 0.1) is 29.3 Å². The minimum atomic E-state index is -0.146. The fraction of sp³-hybridized carbons (Fsp3) is 0.514. The summed E-state index contributed by atoms with van der Waals surface area (Å²) in [5, 5.41) is 4.14. The molecule has 9 rings (SSSR count). The number of aromatic nitrogens is 3. The average molecular weight is 608 g/mol. The average Bonchev–Trinajstić information content (AvgIpc) is 3.47. The van der Waals surface area contributed by atoms with Crippen molar-refractivity contribution in [3.05, 3.63) is 42.0 Å². The molecule has 3 aliphatic heterocycles. The Morgan fingerprint density at radius 2 is 1.93 bits per heavy atom. The third kappa shape index (κ3) is 4.07. The summed E-state index contributed by atoms with van der Waals surface area (Å²) in [7, 11) is 3.70. The van der Waals surface area contributed by atoms with Crippen molar-refractivity contribution in [2.45, 2.75) is 57.2 Å². The number of aryl methyl sites for hydroxylation is 1. The van der Waals surface area contributed by atoms with Crippen LogP contribution in [0.25, 0.3) is 33.5 Å². The number of hydrogen-bond donors (Lipinski definition) is 2. The number of amides is 2. The van der Waals surface area contributed by atoms with E-state index >= 15 is 0 Å². The minimum Gasteiger partial charge on any atom is -0.494 e. The summed E-state index contributed by atoms with van der Waals surface area (Å²) in [6, 6.07) is 13.0. The van der Waals surface area contributed by atoms with Gasteiger partial charge >= 0.3 is 0 Å². The van der Waals surface area contributed by atoms with Crippen LogP contribution >= 0.6 is 0 Å². The number of imidazole rings is 1. The fourth-order valence-electron chi connectivity index (χ4n) is 8.65. The molecule has 2 amide bonds. The lowest BCUT2D eigenvalue weighted by Crippen LogP contribution is -2.62. The second-order valence-electron chi connectivity index (χ2n) is 14.3. The molecular weight excluding hydrogens is 566 g/mol. The van der Waals surface area contributed by atoms with Crippen molar-refractivity contribution in [1.29, 1.82) is 0 Å². The number of anilines is 1. The molecule has 5 aliphatic rings. The molecule has 10 heteroatoms. The van der Waals surface area contributed by atoms with Crippen molar-refractivity contribution in [3.8, 4) is 17.3 Å². The van der Waals surface area contributed by atoms with E-state index in [1.165, 1.54) is 29.4 Å². The second kappa shape index (κ2) is 9.72. The number of nitrogens with two attached hydrogens (primary N) is 1. The van der Waals surface area contributed by atoms with Gasteiger partial charge < -0.3 is 34.7 Å². The van der Waals surface area contributed by atoms with Gasteiger partial charge in [0.1, 0.15) is 11.3 Å². The highest BCUT2D eigenvalue weighted by Gasteiger charge is 2.48. The molecule has 5 heterocycles. The van der Waals surface area contributed by atoms with Crippen LogP contribution in [-0.2, 0) is 18.4 Å². The van der Waals surface area contributed by atoms with Gasteiger partial charge in [-0.1, -0.05) is 6.07 Å². The summed E-state index contributed by atoms with van der Waals surface area (Å²) in [4.78, 5) is 35.5. The first kappa shape index (κ1) is 27.3. The second-order valence-corrected chi connectivity index (χ2v) is 14.3. The first-order chi connectivity index (χ1) is 21.8. The van der Waals surface area contributed by atoms with Crippen LogP contribution < -0.4 is 20.7 Å². The first-order valence-corrected chi connectivity index (χ1v) is 16.6. The molecule has 2 bridgehead atoms. The quantitative estimate of drug-likeness (QED) is 0.322. The van der Waals surface area contributed by atoms with E-state index < -0.39 is 0 Å². The molecular formula is C35H41N7O3. The van der Waals surface area contributed by atoms with Crippen LogP contribution in [0.3, 0.4) is 0 Å². The van der Waals surface area contributed by atoms with Gasteiger partial charge in [-0.05, 0) is 80.7 Å². The van der Waals surface area contributed by atoms with E-state index in [0.717, 1.165) is 81.0 Å². The van der Waals surface area contributed by atoms with Crippen LogP contribution in [0.5, 0.6) is 5.75 Å². The van der Waals surface area contributed by atoms with Crippen molar-refractivity contribution in [2.24, 2.45) is 30.0 Å². The summed E-state index contributed by atoms with van der Waals surface area (Å²) in [5.74, 6) is 2.83. The zero-order valence-electron chi connectivity index (χ0n) is 26.1. The normalized spacial score (nSPS) is 25.4. The highest BCUT2D eigenvalue weighted by Crippen LogP contribution is 2.42. The Balaban J connectivity index is 1.09. The summed E-state index contributed by atoms with van der Waals surface area (Å²) >= 11 is 0. The van der Waals surface area contributed by atoms with Crippen LogP contribution in [0.15, 0.2) is 36.4 Å². The molecule has 2 aliphatic carbocycles. The van der Waals surface area contributed by atoms with Gasteiger partial charge in [-0.2, -0.15) is 0 Å². The number of nitrogens with one attached hydrogen (secondary N) is 1. The van der Waals surface area contributed by atoms with E-state index in [4.69, 9.17) is 15.5 Å². The van der Waals surface area contributed by atoms with E-state index in [9.17, 15) is 9.59 Å². The number of benzene rings is 2. The van der Waals surface area contributed by atoms with Crippen molar-refractivity contribution >= 4 is 39.4 Å². The van der Waals surface area contributed by atoms with E-state index in [0.29, 0.717) is 23.1 Å². The first-order valence-electron chi connectivity index (χ1n) is 16.6. The number of methoxy groups -OCH3 is 1. The lowest BCUT2D eigenvalue weighted by atomic mass is 9.72. The molecule has 1 spiro atoms. The van der Waals surface area contributed by atoms with E-state index in [-0.39, 0.29) is 29.3 Å². The number of carbonyl (C=O) groups excluding carboxylic acids is 2. The molecule has 3 unspecified atom stereocenters. The molecule has 45 heavy (non-hydrogen) atoms. The van der Waals surface area contributed by atoms with Crippen molar-refractivity contribution in [1.82, 2.24) is 24.3 Å². The maximum Gasteiger partial charge on any atom is 0.254 e. The van der Waals surface area contributed by atoms with Gasteiger partial charge in [0.2, 0.25) is 5.91 Å². The number of β-lactam (4-membered cyclic amide) rings is 1. The predicted octanol–water partition coefficient (Wildman–Crippen LogP) is 3.89. The monoisotopic (exact) mass is 607 g/mol. The fourth-order valence-corrected chi connectivity index (χ4v) is 8.65. The highest BCUT2D eigenvalue weighted by molar-refractivity contribution is 6.00. The van der Waals surface area contributed by atoms with E-state index in [1.54, 1.807) is 7.11 Å². The number of carbonyl (C=O) groups is 2. The Kier molecular flexibility index (Phi) is 5.89. The SMILES string of the molecule is COc1cc(C(=O)N2CC3CCC2C3N)cc2nc(-c3cc4ccc(N5CCC6(CC5)CNC6=O)cc4n3CC3CC3)n(C)c12. The van der Waals surface area contributed by atoms with Gasteiger partial charge in [-0.15, -0.1) is 0 Å². The number of ether oxygens (including phenoxy) is 1. The van der Waals surface area contributed by atoms with Gasteiger partial charge in [0.15, 0.2) is 5.82 Å². The van der Waals surface area contributed by atoms with E-state index in [2.05, 4.69) is 43.6 Å². The molecule has 234 valence electrons. The molecule has 4 aromatic rings. The number of rotatable bonds is 6. The molecule has 2 aromatic heterocycles. The lowest BCUT2D eigenvalue weighted by Gasteiger charge is -2.47. The van der Waals surface area contributed by atoms with Gasteiger partial charge in [0, 0.05) is 68.5 Å². The topological polar surface area (TPSA) is 111 Å². The zero-order valence-corrected chi connectivity index (χ0v) is 26.1. The maximum absolute atomic E-state index is 13.7. The summed E-state index contributed by atoms with van der Waals surface area (Å²) in [5.41, 5.74) is 12.0. The van der Waals surface area contributed by atoms with Crippen LogP contribution in [0.2, 0.25) is 0 Å². The number of hydrogen-bond acceptors (Lipinski definition) is 6. The highest BCUT2D eigenvalue weighted by atomic mass is 16.5. The Morgan fingerprint density at radius 1 is 1.11 bits per heavy atom. The Morgan fingerprint density at radius 3 is 2.58 bits per heavy atom. The third-order valence-electron chi connectivity index (χ3n) is 11.7. The molecule has 2 aromatic carbocycles. The van der Waals surface area contributed by atoms with Crippen molar-refractivity contribution < 1.29 is 14.3 Å². The maximum atomic E-state index is 13.7. The number of piperidine rings is 2. The molecule has 10 nitrogen and oxygen atoms in total. The van der Waals surface area contributed by atoms with Gasteiger partial charge in [-0.3, -0.25) is 9.59 Å². The Labute approximate surface area is 262 Å². The summed E-state index contributed by atoms with van der Waals surface area (Å²) < 4.78 is 10.4. The van der Waals surface area contributed by atoms with Crippen LogP contribution in [0.4, 0.5) is 5.69 Å². The number of fused-ring (bicyclic) bond motifs is 4. The van der Waals surface area contributed by atoms with Crippen LogP contribution in [0, 0.1) is 17.3 Å². The van der Waals surface area contributed by atoms with Crippen molar-refractivity contribution in [3.63, 3.8) is 0 Å². The molecule has 3 atom stereocenters.